The lowest BCUT2D eigenvalue weighted by atomic mass is 9.90. The van der Waals surface area contributed by atoms with Gasteiger partial charge in [-0.05, 0) is 49.8 Å². The number of aromatic nitrogens is 2. The molecule has 1 aliphatic rings. The van der Waals surface area contributed by atoms with E-state index in [0.29, 0.717) is 17.4 Å². The lowest BCUT2D eigenvalue weighted by Crippen LogP contribution is -2.40. The van der Waals surface area contributed by atoms with Gasteiger partial charge in [0.25, 0.3) is 0 Å². The molecule has 1 aliphatic heterocycles. The third kappa shape index (κ3) is 3.36. The van der Waals surface area contributed by atoms with Gasteiger partial charge in [-0.2, -0.15) is 0 Å². The van der Waals surface area contributed by atoms with Gasteiger partial charge in [-0.25, -0.2) is 4.79 Å². The van der Waals surface area contributed by atoms with Crippen molar-refractivity contribution in [1.29, 1.82) is 0 Å². The van der Waals surface area contributed by atoms with Crippen molar-refractivity contribution in [2.24, 2.45) is 0 Å². The van der Waals surface area contributed by atoms with Crippen molar-refractivity contribution in [3.05, 3.63) is 41.5 Å². The quantitative estimate of drug-likeness (QED) is 0.943. The summed E-state index contributed by atoms with van der Waals surface area (Å²) in [7, 11) is 0. The zero-order valence-corrected chi connectivity index (χ0v) is 13.6. The molecule has 0 unspecified atom stereocenters. The molecule has 0 bridgehead atoms. The maximum absolute atomic E-state index is 12.5. The first-order valence-electron chi connectivity index (χ1n) is 8.10. The summed E-state index contributed by atoms with van der Waals surface area (Å²) in [6, 6.07) is 4.06. The number of rotatable bonds is 3. The number of aryl methyl sites for hydroxylation is 2. The summed E-state index contributed by atoms with van der Waals surface area (Å²) in [4.78, 5) is 18.4. The molecule has 1 N–H and O–H groups in total. The van der Waals surface area contributed by atoms with Crippen molar-refractivity contribution >= 4 is 11.7 Å². The first kappa shape index (κ1) is 15.5. The smallest absolute Gasteiger partial charge is 0.321 e. The van der Waals surface area contributed by atoms with Crippen LogP contribution in [0.15, 0.2) is 29.0 Å². The number of likely N-dealkylation sites (tertiary alicyclic amines) is 1. The summed E-state index contributed by atoms with van der Waals surface area (Å²) in [6.45, 7) is 5.32. The number of amides is 2. The second kappa shape index (κ2) is 6.81. The zero-order chi connectivity index (χ0) is 16.2. The number of hydrogen-bond donors (Lipinski definition) is 1. The van der Waals surface area contributed by atoms with Crippen LogP contribution >= 0.6 is 0 Å². The highest BCUT2D eigenvalue weighted by atomic mass is 16.5. The van der Waals surface area contributed by atoms with E-state index in [9.17, 15) is 4.79 Å². The van der Waals surface area contributed by atoms with Crippen LogP contribution in [-0.2, 0) is 6.42 Å². The molecule has 2 aromatic heterocycles. The van der Waals surface area contributed by atoms with Crippen molar-refractivity contribution in [3.63, 3.8) is 0 Å². The van der Waals surface area contributed by atoms with Gasteiger partial charge in [0.1, 0.15) is 11.4 Å². The molecule has 0 atom stereocenters. The number of urea groups is 1. The third-order valence-corrected chi connectivity index (χ3v) is 4.46. The van der Waals surface area contributed by atoms with E-state index in [1.807, 2.05) is 31.1 Å². The number of nitrogens with one attached hydrogen (secondary N) is 1. The lowest BCUT2D eigenvalue weighted by molar-refractivity contribution is 0.194. The maximum Gasteiger partial charge on any atom is 0.321 e. The summed E-state index contributed by atoms with van der Waals surface area (Å²) in [5.74, 6) is 1.16. The minimum absolute atomic E-state index is 0.0702. The predicted molar refractivity (Wildman–Crippen MR) is 87.4 cm³/mol. The van der Waals surface area contributed by atoms with E-state index in [2.05, 4.69) is 27.6 Å². The van der Waals surface area contributed by atoms with Crippen molar-refractivity contribution in [2.45, 2.75) is 39.0 Å². The number of piperidine rings is 1. The van der Waals surface area contributed by atoms with Crippen LogP contribution in [0.3, 0.4) is 0 Å². The first-order valence-corrected chi connectivity index (χ1v) is 8.10. The average Bonchev–Trinajstić information content (AvgIpc) is 2.96. The Balaban J connectivity index is 1.59. The van der Waals surface area contributed by atoms with Gasteiger partial charge in [-0.1, -0.05) is 12.1 Å². The summed E-state index contributed by atoms with van der Waals surface area (Å²) in [5.41, 5.74) is 2.82. The molecule has 0 radical (unpaired) electrons. The van der Waals surface area contributed by atoms with Gasteiger partial charge >= 0.3 is 6.03 Å². The Morgan fingerprint density at radius 2 is 2.04 bits per heavy atom. The number of nitrogens with zero attached hydrogens (tertiary/aromatic N) is 3. The van der Waals surface area contributed by atoms with Crippen molar-refractivity contribution in [3.8, 4) is 0 Å². The second-order valence-electron chi connectivity index (χ2n) is 5.89. The highest BCUT2D eigenvalue weighted by Crippen LogP contribution is 2.28. The molecule has 2 amide bonds. The van der Waals surface area contributed by atoms with Crippen LogP contribution in [0, 0.1) is 6.92 Å². The van der Waals surface area contributed by atoms with Gasteiger partial charge in [-0.15, -0.1) is 0 Å². The van der Waals surface area contributed by atoms with Gasteiger partial charge in [0, 0.05) is 25.5 Å². The Morgan fingerprint density at radius 1 is 1.35 bits per heavy atom. The molecule has 3 heterocycles. The van der Waals surface area contributed by atoms with Gasteiger partial charge in [0.2, 0.25) is 0 Å². The van der Waals surface area contributed by atoms with Gasteiger partial charge in [0.15, 0.2) is 5.76 Å². The normalized spacial score (nSPS) is 15.7. The Morgan fingerprint density at radius 3 is 2.70 bits per heavy atom. The number of pyridine rings is 1. The second-order valence-corrected chi connectivity index (χ2v) is 5.89. The van der Waals surface area contributed by atoms with E-state index in [4.69, 9.17) is 4.52 Å². The lowest BCUT2D eigenvalue weighted by Gasteiger charge is -2.32. The van der Waals surface area contributed by atoms with E-state index < -0.39 is 0 Å². The zero-order valence-electron chi connectivity index (χ0n) is 13.6. The molecule has 6 nitrogen and oxygen atoms in total. The molecule has 23 heavy (non-hydrogen) atoms. The van der Waals surface area contributed by atoms with Gasteiger partial charge in [-0.3, -0.25) is 4.98 Å². The van der Waals surface area contributed by atoms with Crippen molar-refractivity contribution in [1.82, 2.24) is 15.0 Å². The van der Waals surface area contributed by atoms with Crippen molar-refractivity contribution in [2.75, 3.05) is 18.4 Å². The van der Waals surface area contributed by atoms with Crippen LogP contribution in [0.25, 0.3) is 0 Å². The molecule has 3 rings (SSSR count). The van der Waals surface area contributed by atoms with E-state index in [-0.39, 0.29) is 6.03 Å². The highest BCUT2D eigenvalue weighted by Gasteiger charge is 2.25. The van der Waals surface area contributed by atoms with Crippen molar-refractivity contribution < 1.29 is 9.32 Å². The van der Waals surface area contributed by atoms with Crippen LogP contribution in [0.1, 0.15) is 42.7 Å². The van der Waals surface area contributed by atoms with Crippen LogP contribution in [0.4, 0.5) is 10.5 Å². The Kier molecular flexibility index (Phi) is 4.60. The molecule has 122 valence electrons. The molecule has 2 aromatic rings. The molecule has 6 heteroatoms. The van der Waals surface area contributed by atoms with E-state index in [1.165, 1.54) is 5.56 Å². The molecular weight excluding hydrogens is 292 g/mol. The minimum atomic E-state index is -0.0702. The van der Waals surface area contributed by atoms with E-state index >= 15 is 0 Å². The van der Waals surface area contributed by atoms with Crippen LogP contribution in [0.2, 0.25) is 0 Å². The summed E-state index contributed by atoms with van der Waals surface area (Å²) in [6.07, 6.45) is 6.34. The Bertz CT molecular complexity index is 660. The number of hydrogen-bond acceptors (Lipinski definition) is 4. The molecule has 1 saturated heterocycles. The first-order chi connectivity index (χ1) is 11.2. The third-order valence-electron chi connectivity index (χ3n) is 4.46. The predicted octanol–water partition coefficient (Wildman–Crippen LogP) is 3.35. The molecule has 1 fully saturated rings. The highest BCUT2D eigenvalue weighted by molar-refractivity contribution is 5.90. The monoisotopic (exact) mass is 314 g/mol. The molecule has 0 spiro atoms. The van der Waals surface area contributed by atoms with Gasteiger partial charge < -0.3 is 14.7 Å². The summed E-state index contributed by atoms with van der Waals surface area (Å²) in [5, 5.41) is 6.92. The topological polar surface area (TPSA) is 71.3 Å². The molecular formula is C17H22N4O2. The standard InChI is InChI=1S/C17H22N4O2/c1-3-15-16(12(2)23-20-15)19-17(22)21-10-6-14(7-11-21)13-4-8-18-9-5-13/h4-5,8-9,14H,3,6-7,10-11H2,1-2H3,(H,19,22). The summed E-state index contributed by atoms with van der Waals surface area (Å²) < 4.78 is 5.16. The Hall–Kier alpha value is -2.37. The fourth-order valence-electron chi connectivity index (χ4n) is 3.06. The van der Waals surface area contributed by atoms with Crippen LogP contribution in [0.5, 0.6) is 0 Å². The fourth-order valence-corrected chi connectivity index (χ4v) is 3.06. The SMILES string of the molecule is CCc1noc(C)c1NC(=O)N1CCC(c2ccncc2)CC1. The fraction of sp³-hybridized carbons (Fsp3) is 0.471. The summed E-state index contributed by atoms with van der Waals surface area (Å²) >= 11 is 0. The Labute approximate surface area is 135 Å². The number of carbonyl (C=O) groups excluding carboxylic acids is 1. The molecule has 0 saturated carbocycles. The van der Waals surface area contributed by atoms with E-state index in [0.717, 1.165) is 38.0 Å². The molecule has 0 aliphatic carbocycles. The number of carbonyl (C=O) groups is 1. The largest absolute Gasteiger partial charge is 0.359 e. The van der Waals surface area contributed by atoms with Crippen LogP contribution < -0.4 is 5.32 Å². The van der Waals surface area contributed by atoms with Crippen LogP contribution in [-0.4, -0.2) is 34.2 Å². The molecule has 0 aromatic carbocycles. The maximum atomic E-state index is 12.5. The number of anilines is 1. The average molecular weight is 314 g/mol. The van der Waals surface area contributed by atoms with Gasteiger partial charge in [0.05, 0.1) is 0 Å². The minimum Gasteiger partial charge on any atom is -0.359 e. The van der Waals surface area contributed by atoms with E-state index in [1.54, 1.807) is 0 Å².